The normalized spacial score (nSPS) is 23.9. The molecule has 1 saturated heterocycles. The Morgan fingerprint density at radius 3 is 2.80 bits per heavy atom. The van der Waals surface area contributed by atoms with Gasteiger partial charge in [0.25, 0.3) is 0 Å². The van der Waals surface area contributed by atoms with Gasteiger partial charge in [0.15, 0.2) is 0 Å². The van der Waals surface area contributed by atoms with Gasteiger partial charge in [0.1, 0.15) is 6.04 Å². The summed E-state index contributed by atoms with van der Waals surface area (Å²) >= 11 is 6.44. The Bertz CT molecular complexity index is 570. The van der Waals surface area contributed by atoms with E-state index in [1.165, 1.54) is 0 Å². The molecule has 5 heteroatoms. The molecule has 1 amide bonds. The minimum atomic E-state index is -0.299. The molecule has 0 bridgehead atoms. The van der Waals surface area contributed by atoms with Crippen LogP contribution < -0.4 is 15.5 Å². The highest BCUT2D eigenvalue weighted by atomic mass is 35.5. The molecule has 0 radical (unpaired) electrons. The molecule has 3 rings (SSSR count). The number of hydrogen-bond acceptors (Lipinski definition) is 3. The first-order chi connectivity index (χ1) is 9.41. The molecule has 0 aliphatic carbocycles. The molecule has 1 aromatic carbocycles. The average Bonchev–Trinajstić information content (AvgIpc) is 2.87. The predicted molar refractivity (Wildman–Crippen MR) is 82.5 cm³/mol. The van der Waals surface area contributed by atoms with E-state index in [0.717, 1.165) is 41.5 Å². The van der Waals surface area contributed by atoms with Crippen molar-refractivity contribution < 1.29 is 4.79 Å². The van der Waals surface area contributed by atoms with Crippen LogP contribution in [0.1, 0.15) is 31.9 Å². The maximum atomic E-state index is 11.9. The molecule has 0 saturated carbocycles. The van der Waals surface area contributed by atoms with E-state index >= 15 is 0 Å². The van der Waals surface area contributed by atoms with Crippen LogP contribution in [-0.4, -0.2) is 26.0 Å². The number of likely N-dealkylation sites (N-methyl/N-ethyl adjacent to an activating group) is 1. The van der Waals surface area contributed by atoms with E-state index < -0.39 is 0 Å². The highest BCUT2D eigenvalue weighted by molar-refractivity contribution is 6.33. The number of nitrogens with one attached hydrogen (secondary N) is 2. The Labute approximate surface area is 124 Å². The van der Waals surface area contributed by atoms with Gasteiger partial charge in [-0.25, -0.2) is 0 Å². The van der Waals surface area contributed by atoms with E-state index in [-0.39, 0.29) is 11.9 Å². The predicted octanol–water partition coefficient (Wildman–Crippen LogP) is 2.79. The molecule has 1 unspecified atom stereocenters. The van der Waals surface area contributed by atoms with Crippen molar-refractivity contribution in [2.75, 3.05) is 30.4 Å². The monoisotopic (exact) mass is 293 g/mol. The highest BCUT2D eigenvalue weighted by Gasteiger charge is 2.34. The average molecular weight is 294 g/mol. The second kappa shape index (κ2) is 4.64. The number of halogens is 1. The van der Waals surface area contributed by atoms with Gasteiger partial charge in [-0.15, -0.1) is 0 Å². The Morgan fingerprint density at radius 1 is 1.45 bits per heavy atom. The first-order valence-corrected chi connectivity index (χ1v) is 7.35. The number of fused-ring (bicyclic) bond motifs is 1. The number of amides is 1. The van der Waals surface area contributed by atoms with Gasteiger partial charge in [-0.2, -0.15) is 0 Å². The van der Waals surface area contributed by atoms with Crippen LogP contribution in [0.2, 0.25) is 5.02 Å². The van der Waals surface area contributed by atoms with Gasteiger partial charge in [0.05, 0.1) is 10.7 Å². The molecule has 2 aliphatic rings. The third-order valence-electron chi connectivity index (χ3n) is 4.26. The molecular weight excluding hydrogens is 274 g/mol. The third kappa shape index (κ3) is 2.17. The number of carbonyl (C=O) groups is 1. The SMILES string of the molecule is CNC1C(=O)Nc2cc(N3CCC(C)(C)C3)c(Cl)cc21. The van der Waals surface area contributed by atoms with Gasteiger partial charge in [-0.1, -0.05) is 25.4 Å². The Balaban J connectivity index is 1.96. The lowest BCUT2D eigenvalue weighted by Crippen LogP contribution is -2.23. The summed E-state index contributed by atoms with van der Waals surface area (Å²) in [7, 11) is 1.78. The second-order valence-corrected chi connectivity index (χ2v) is 6.84. The maximum Gasteiger partial charge on any atom is 0.246 e. The Hall–Kier alpha value is -1.26. The van der Waals surface area contributed by atoms with Crippen molar-refractivity contribution >= 4 is 28.9 Å². The number of rotatable bonds is 2. The number of anilines is 2. The van der Waals surface area contributed by atoms with Crippen LogP contribution >= 0.6 is 11.6 Å². The van der Waals surface area contributed by atoms with E-state index in [9.17, 15) is 4.79 Å². The van der Waals surface area contributed by atoms with Gasteiger partial charge in [-0.05, 0) is 31.0 Å². The van der Waals surface area contributed by atoms with Crippen molar-refractivity contribution in [3.05, 3.63) is 22.7 Å². The highest BCUT2D eigenvalue weighted by Crippen LogP contribution is 2.41. The fraction of sp³-hybridized carbons (Fsp3) is 0.533. The van der Waals surface area contributed by atoms with Crippen LogP contribution in [0, 0.1) is 5.41 Å². The third-order valence-corrected chi connectivity index (χ3v) is 4.56. The number of nitrogens with zero attached hydrogens (tertiary/aromatic N) is 1. The second-order valence-electron chi connectivity index (χ2n) is 6.44. The molecule has 0 aromatic heterocycles. The van der Waals surface area contributed by atoms with Gasteiger partial charge in [-0.3, -0.25) is 4.79 Å². The van der Waals surface area contributed by atoms with Crippen LogP contribution in [0.4, 0.5) is 11.4 Å². The van der Waals surface area contributed by atoms with Crippen molar-refractivity contribution in [2.24, 2.45) is 5.41 Å². The van der Waals surface area contributed by atoms with Crippen molar-refractivity contribution in [1.82, 2.24) is 5.32 Å². The van der Waals surface area contributed by atoms with Gasteiger partial charge in [0.2, 0.25) is 5.91 Å². The van der Waals surface area contributed by atoms with Gasteiger partial charge >= 0.3 is 0 Å². The fourth-order valence-electron chi connectivity index (χ4n) is 3.12. The number of benzene rings is 1. The van der Waals surface area contributed by atoms with E-state index in [2.05, 4.69) is 29.4 Å². The molecule has 4 nitrogen and oxygen atoms in total. The lowest BCUT2D eigenvalue weighted by Gasteiger charge is -2.23. The van der Waals surface area contributed by atoms with E-state index in [1.807, 2.05) is 12.1 Å². The summed E-state index contributed by atoms with van der Waals surface area (Å²) in [4.78, 5) is 14.2. The summed E-state index contributed by atoms with van der Waals surface area (Å²) in [6.45, 7) is 6.55. The zero-order valence-corrected chi connectivity index (χ0v) is 12.8. The standard InChI is InChI=1S/C15H20ClN3O/c1-15(2)4-5-19(8-15)12-7-11-9(6-10(12)16)13(17-3)14(20)18-11/h6-7,13,17H,4-5,8H2,1-3H3,(H,18,20). The number of hydrogen-bond donors (Lipinski definition) is 2. The largest absolute Gasteiger partial charge is 0.370 e. The van der Waals surface area contributed by atoms with Crippen molar-refractivity contribution in [3.8, 4) is 0 Å². The summed E-state index contributed by atoms with van der Waals surface area (Å²) < 4.78 is 0. The zero-order chi connectivity index (χ0) is 14.5. The quantitative estimate of drug-likeness (QED) is 0.881. The Kier molecular flexibility index (Phi) is 3.18. The van der Waals surface area contributed by atoms with E-state index in [1.54, 1.807) is 7.05 Å². The van der Waals surface area contributed by atoms with Crippen LogP contribution in [0.5, 0.6) is 0 Å². The van der Waals surface area contributed by atoms with Crippen molar-refractivity contribution in [3.63, 3.8) is 0 Å². The minimum Gasteiger partial charge on any atom is -0.370 e. The van der Waals surface area contributed by atoms with Crippen molar-refractivity contribution in [1.29, 1.82) is 0 Å². The summed E-state index contributed by atoms with van der Waals surface area (Å²) in [6, 6.07) is 3.62. The fourth-order valence-corrected chi connectivity index (χ4v) is 3.41. The summed E-state index contributed by atoms with van der Waals surface area (Å²) in [6.07, 6.45) is 1.16. The molecule has 2 N–H and O–H groups in total. The van der Waals surface area contributed by atoms with E-state index in [4.69, 9.17) is 11.6 Å². The van der Waals surface area contributed by atoms with E-state index in [0.29, 0.717) is 5.41 Å². The molecule has 20 heavy (non-hydrogen) atoms. The van der Waals surface area contributed by atoms with Crippen LogP contribution in [0.25, 0.3) is 0 Å². The Morgan fingerprint density at radius 2 is 2.20 bits per heavy atom. The minimum absolute atomic E-state index is 0.0162. The molecular formula is C15H20ClN3O. The van der Waals surface area contributed by atoms with Gasteiger partial charge in [0, 0.05) is 24.3 Å². The first-order valence-electron chi connectivity index (χ1n) is 6.98. The summed E-state index contributed by atoms with van der Waals surface area (Å²) in [5, 5.41) is 6.66. The topological polar surface area (TPSA) is 44.4 Å². The summed E-state index contributed by atoms with van der Waals surface area (Å²) in [5.74, 6) is -0.0162. The lowest BCUT2D eigenvalue weighted by atomic mass is 9.93. The lowest BCUT2D eigenvalue weighted by molar-refractivity contribution is -0.117. The molecule has 0 spiro atoms. The first kappa shape index (κ1) is 13.7. The summed E-state index contributed by atoms with van der Waals surface area (Å²) in [5.41, 5.74) is 3.15. The molecule has 108 valence electrons. The molecule has 2 aliphatic heterocycles. The molecule has 1 atom stereocenters. The van der Waals surface area contributed by atoms with Crippen LogP contribution in [0.15, 0.2) is 12.1 Å². The van der Waals surface area contributed by atoms with Crippen LogP contribution in [-0.2, 0) is 4.79 Å². The zero-order valence-electron chi connectivity index (χ0n) is 12.1. The smallest absolute Gasteiger partial charge is 0.246 e. The van der Waals surface area contributed by atoms with Crippen LogP contribution in [0.3, 0.4) is 0 Å². The molecule has 2 heterocycles. The maximum absolute atomic E-state index is 11.9. The molecule has 1 aromatic rings. The molecule has 1 fully saturated rings. The number of carbonyl (C=O) groups excluding carboxylic acids is 1. The van der Waals surface area contributed by atoms with Gasteiger partial charge < -0.3 is 15.5 Å². The van der Waals surface area contributed by atoms with Crippen molar-refractivity contribution in [2.45, 2.75) is 26.3 Å².